The second-order valence-corrected chi connectivity index (χ2v) is 2.76. The Hall–Kier alpha value is -1.10. The molecule has 0 aromatic heterocycles. The lowest BCUT2D eigenvalue weighted by Gasteiger charge is -2.17. The van der Waals surface area contributed by atoms with Crippen molar-refractivity contribution < 1.29 is 19.8 Å². The summed E-state index contributed by atoms with van der Waals surface area (Å²) in [6.45, 7) is 3.39. The Morgan fingerprint density at radius 2 is 1.38 bits per heavy atom. The van der Waals surface area contributed by atoms with E-state index in [1.165, 1.54) is 0 Å². The molecule has 0 fully saturated rings. The highest BCUT2D eigenvalue weighted by atomic mass is 16.4. The molecular weight excluding hydrogens is 174 g/mol. The number of aliphatic carboxylic acids is 2. The first-order valence-electron chi connectivity index (χ1n) is 4.24. The molecule has 0 saturated heterocycles. The second kappa shape index (κ2) is 5.53. The summed E-state index contributed by atoms with van der Waals surface area (Å²) in [7, 11) is 0. The fraction of sp³-hybridized carbons (Fsp3) is 0.750. The van der Waals surface area contributed by atoms with E-state index in [0.717, 1.165) is 0 Å². The first-order chi connectivity index (χ1) is 6.02. The SMILES string of the molecule is CCC(N[C@@H](CC)C(=O)O)C(=O)O. The van der Waals surface area contributed by atoms with Crippen molar-refractivity contribution in [3.63, 3.8) is 0 Å². The van der Waals surface area contributed by atoms with Gasteiger partial charge in [0.1, 0.15) is 12.1 Å². The summed E-state index contributed by atoms with van der Waals surface area (Å²) in [6, 6.07) is -1.55. The standard InChI is InChI=1S/C8H15NO4/c1-3-5(7(10)11)9-6(4-2)8(12)13/h5-6,9H,3-4H2,1-2H3,(H,10,11)(H,12,13)/t5-,6?/m0/s1. The smallest absolute Gasteiger partial charge is 0.320 e. The Kier molecular flexibility index (Phi) is 5.06. The Labute approximate surface area is 76.8 Å². The van der Waals surface area contributed by atoms with Crippen molar-refractivity contribution in [1.82, 2.24) is 5.32 Å². The molecule has 5 nitrogen and oxygen atoms in total. The average molecular weight is 189 g/mol. The van der Waals surface area contributed by atoms with Crippen molar-refractivity contribution in [2.24, 2.45) is 0 Å². The minimum absolute atomic E-state index is 0.374. The first kappa shape index (κ1) is 11.9. The van der Waals surface area contributed by atoms with Crippen LogP contribution in [0.1, 0.15) is 26.7 Å². The molecule has 0 aromatic rings. The molecule has 13 heavy (non-hydrogen) atoms. The van der Waals surface area contributed by atoms with E-state index >= 15 is 0 Å². The van der Waals surface area contributed by atoms with Crippen molar-refractivity contribution >= 4 is 11.9 Å². The number of carbonyl (C=O) groups is 2. The maximum Gasteiger partial charge on any atom is 0.320 e. The van der Waals surface area contributed by atoms with Gasteiger partial charge in [0.2, 0.25) is 0 Å². The Balaban J connectivity index is 4.19. The largest absolute Gasteiger partial charge is 0.480 e. The van der Waals surface area contributed by atoms with Gasteiger partial charge in [0, 0.05) is 0 Å². The molecule has 0 aliphatic heterocycles. The molecule has 0 radical (unpaired) electrons. The molecule has 0 aliphatic rings. The molecule has 76 valence electrons. The van der Waals surface area contributed by atoms with E-state index in [1.54, 1.807) is 13.8 Å². The molecule has 2 atom stereocenters. The molecule has 0 aromatic carbocycles. The van der Waals surface area contributed by atoms with Gasteiger partial charge < -0.3 is 10.2 Å². The number of hydrogen-bond donors (Lipinski definition) is 3. The van der Waals surface area contributed by atoms with Crippen LogP contribution in [0.25, 0.3) is 0 Å². The van der Waals surface area contributed by atoms with Crippen LogP contribution in [0.15, 0.2) is 0 Å². The van der Waals surface area contributed by atoms with Crippen LogP contribution in [0.2, 0.25) is 0 Å². The highest BCUT2D eigenvalue weighted by molar-refractivity contribution is 5.77. The lowest BCUT2D eigenvalue weighted by molar-refractivity contribution is -0.142. The third kappa shape index (κ3) is 3.89. The maximum absolute atomic E-state index is 10.5. The van der Waals surface area contributed by atoms with Crippen molar-refractivity contribution in [3.8, 4) is 0 Å². The van der Waals surface area contributed by atoms with Gasteiger partial charge in [-0.2, -0.15) is 0 Å². The molecule has 0 aliphatic carbocycles. The van der Waals surface area contributed by atoms with E-state index in [2.05, 4.69) is 5.32 Å². The van der Waals surface area contributed by atoms with Gasteiger partial charge in [-0.15, -0.1) is 0 Å². The lowest BCUT2D eigenvalue weighted by atomic mass is 10.1. The van der Waals surface area contributed by atoms with Crippen LogP contribution in [-0.2, 0) is 9.59 Å². The topological polar surface area (TPSA) is 86.6 Å². The summed E-state index contributed by atoms with van der Waals surface area (Å²) in [5.74, 6) is -2.02. The Morgan fingerprint density at radius 3 is 1.54 bits per heavy atom. The van der Waals surface area contributed by atoms with Crippen LogP contribution in [0, 0.1) is 0 Å². The predicted octanol–water partition coefficient (Wildman–Crippen LogP) is 0.302. The Morgan fingerprint density at radius 1 is 1.08 bits per heavy atom. The van der Waals surface area contributed by atoms with Crippen molar-refractivity contribution in [1.29, 1.82) is 0 Å². The van der Waals surface area contributed by atoms with E-state index in [1.807, 2.05) is 0 Å². The van der Waals surface area contributed by atoms with E-state index < -0.39 is 24.0 Å². The van der Waals surface area contributed by atoms with Gasteiger partial charge in [-0.3, -0.25) is 14.9 Å². The van der Waals surface area contributed by atoms with Crippen LogP contribution < -0.4 is 5.32 Å². The molecule has 0 rings (SSSR count). The lowest BCUT2D eigenvalue weighted by Crippen LogP contribution is -2.46. The van der Waals surface area contributed by atoms with Crippen LogP contribution in [0.3, 0.4) is 0 Å². The zero-order chi connectivity index (χ0) is 10.4. The van der Waals surface area contributed by atoms with Crippen molar-refractivity contribution in [2.45, 2.75) is 38.8 Å². The van der Waals surface area contributed by atoms with Gasteiger partial charge in [-0.25, -0.2) is 0 Å². The summed E-state index contributed by atoms with van der Waals surface area (Å²) in [6.07, 6.45) is 0.748. The number of carboxylic acids is 2. The zero-order valence-electron chi connectivity index (χ0n) is 7.78. The van der Waals surface area contributed by atoms with Crippen LogP contribution >= 0.6 is 0 Å². The first-order valence-corrected chi connectivity index (χ1v) is 4.24. The number of rotatable bonds is 6. The molecule has 0 saturated carbocycles. The number of carboxylic acid groups (broad SMARTS) is 2. The number of nitrogens with one attached hydrogen (secondary N) is 1. The minimum Gasteiger partial charge on any atom is -0.480 e. The fourth-order valence-corrected chi connectivity index (χ4v) is 0.970. The maximum atomic E-state index is 10.5. The van der Waals surface area contributed by atoms with Crippen LogP contribution in [0.4, 0.5) is 0 Å². The molecule has 0 bridgehead atoms. The van der Waals surface area contributed by atoms with Gasteiger partial charge in [0.15, 0.2) is 0 Å². The molecular formula is C8H15NO4. The third-order valence-corrected chi connectivity index (χ3v) is 1.82. The Bertz CT molecular complexity index is 173. The van der Waals surface area contributed by atoms with Crippen LogP contribution in [0.5, 0.6) is 0 Å². The van der Waals surface area contributed by atoms with E-state index in [4.69, 9.17) is 10.2 Å². The molecule has 1 unspecified atom stereocenters. The van der Waals surface area contributed by atoms with Gasteiger partial charge >= 0.3 is 11.9 Å². The summed E-state index contributed by atoms with van der Waals surface area (Å²) < 4.78 is 0. The predicted molar refractivity (Wildman–Crippen MR) is 46.6 cm³/mol. The highest BCUT2D eigenvalue weighted by Gasteiger charge is 2.22. The van der Waals surface area contributed by atoms with E-state index in [9.17, 15) is 9.59 Å². The average Bonchev–Trinajstić information content (AvgIpc) is 2.05. The minimum atomic E-state index is -1.01. The molecule has 3 N–H and O–H groups in total. The highest BCUT2D eigenvalue weighted by Crippen LogP contribution is 1.97. The molecule has 0 heterocycles. The fourth-order valence-electron chi connectivity index (χ4n) is 0.970. The monoisotopic (exact) mass is 189 g/mol. The molecule has 0 amide bonds. The van der Waals surface area contributed by atoms with Gasteiger partial charge in [-0.1, -0.05) is 13.8 Å². The van der Waals surface area contributed by atoms with Crippen molar-refractivity contribution in [2.75, 3.05) is 0 Å². The molecule has 5 heteroatoms. The summed E-state index contributed by atoms with van der Waals surface area (Å²) in [5, 5.41) is 19.8. The van der Waals surface area contributed by atoms with E-state index in [0.29, 0.717) is 12.8 Å². The van der Waals surface area contributed by atoms with Gasteiger partial charge in [0.25, 0.3) is 0 Å². The normalized spacial score (nSPS) is 14.9. The summed E-state index contributed by atoms with van der Waals surface area (Å²) in [5.41, 5.74) is 0. The van der Waals surface area contributed by atoms with Crippen LogP contribution in [-0.4, -0.2) is 34.2 Å². The summed E-state index contributed by atoms with van der Waals surface area (Å²) in [4.78, 5) is 21.1. The van der Waals surface area contributed by atoms with Crippen molar-refractivity contribution in [3.05, 3.63) is 0 Å². The van der Waals surface area contributed by atoms with Gasteiger partial charge in [0.05, 0.1) is 0 Å². The third-order valence-electron chi connectivity index (χ3n) is 1.82. The van der Waals surface area contributed by atoms with Gasteiger partial charge in [-0.05, 0) is 12.8 Å². The number of hydrogen-bond acceptors (Lipinski definition) is 3. The zero-order valence-corrected chi connectivity index (χ0v) is 7.78. The second-order valence-electron chi connectivity index (χ2n) is 2.76. The molecule has 0 spiro atoms. The van der Waals surface area contributed by atoms with E-state index in [-0.39, 0.29) is 0 Å². The quantitative estimate of drug-likeness (QED) is 0.559. The summed E-state index contributed by atoms with van der Waals surface area (Å²) >= 11 is 0.